The Hall–Kier alpha value is -3.60. The summed E-state index contributed by atoms with van der Waals surface area (Å²) in [5.74, 6) is 0.675. The molecule has 0 aliphatic carbocycles. The zero-order valence-electron chi connectivity index (χ0n) is 15.7. The number of carbonyl (C=O) groups is 1. The van der Waals surface area contributed by atoms with Gasteiger partial charge in [0.15, 0.2) is 0 Å². The molecule has 0 aliphatic heterocycles. The number of fused-ring (bicyclic) bond motifs is 3. The summed E-state index contributed by atoms with van der Waals surface area (Å²) in [5.41, 5.74) is 3.32. The van der Waals surface area contributed by atoms with Gasteiger partial charge in [-0.3, -0.25) is 0 Å². The van der Waals surface area contributed by atoms with Gasteiger partial charge < -0.3 is 15.2 Å². The minimum atomic E-state index is -0.942. The Bertz CT molecular complexity index is 1200. The van der Waals surface area contributed by atoms with Crippen LogP contribution in [0.2, 0.25) is 0 Å². The van der Waals surface area contributed by atoms with Gasteiger partial charge in [-0.25, -0.2) is 9.78 Å². The van der Waals surface area contributed by atoms with E-state index in [-0.39, 0.29) is 5.56 Å². The van der Waals surface area contributed by atoms with Crippen molar-refractivity contribution in [3.63, 3.8) is 0 Å². The molecule has 1 aromatic heterocycles. The number of ether oxygens (including phenoxy) is 1. The Kier molecular flexibility index (Phi) is 4.57. The van der Waals surface area contributed by atoms with E-state index < -0.39 is 5.97 Å². The van der Waals surface area contributed by atoms with Crippen LogP contribution in [0.25, 0.3) is 21.7 Å². The molecule has 4 aromatic rings. The second kappa shape index (κ2) is 7.19. The molecule has 28 heavy (non-hydrogen) atoms. The average molecular weight is 372 g/mol. The lowest BCUT2D eigenvalue weighted by molar-refractivity contribution is 0.0697. The summed E-state index contributed by atoms with van der Waals surface area (Å²) in [7, 11) is 1.66. The van der Waals surface area contributed by atoms with Crippen molar-refractivity contribution >= 4 is 33.5 Å². The van der Waals surface area contributed by atoms with Gasteiger partial charge in [0.25, 0.3) is 0 Å². The Balaban J connectivity index is 1.76. The van der Waals surface area contributed by atoms with Crippen molar-refractivity contribution in [1.29, 1.82) is 0 Å². The number of aryl methyl sites for hydroxylation is 1. The number of aromatic carboxylic acids is 1. The summed E-state index contributed by atoms with van der Waals surface area (Å²) in [5, 5.41) is 15.5. The second-order valence-electron chi connectivity index (χ2n) is 6.69. The van der Waals surface area contributed by atoms with Crippen LogP contribution in [0.15, 0.2) is 60.7 Å². The Morgan fingerprint density at radius 1 is 1.04 bits per heavy atom. The van der Waals surface area contributed by atoms with E-state index in [2.05, 4.69) is 12.2 Å². The van der Waals surface area contributed by atoms with Gasteiger partial charge in [0.2, 0.25) is 0 Å². The minimum absolute atomic E-state index is 0.258. The molecule has 0 saturated heterocycles. The quantitative estimate of drug-likeness (QED) is 0.482. The predicted octanol–water partition coefficient (Wildman–Crippen LogP) is 5.02. The van der Waals surface area contributed by atoms with Crippen molar-refractivity contribution in [2.75, 3.05) is 12.4 Å². The molecular formula is C23H20N2O3. The van der Waals surface area contributed by atoms with E-state index in [1.165, 1.54) is 0 Å². The smallest absolute Gasteiger partial charge is 0.335 e. The molecule has 0 saturated carbocycles. The van der Waals surface area contributed by atoms with Crippen molar-refractivity contribution in [3.8, 4) is 5.75 Å². The molecule has 0 aliphatic rings. The van der Waals surface area contributed by atoms with Crippen LogP contribution >= 0.6 is 0 Å². The van der Waals surface area contributed by atoms with Gasteiger partial charge in [0.05, 0.1) is 18.2 Å². The first-order valence-corrected chi connectivity index (χ1v) is 9.00. The summed E-state index contributed by atoms with van der Waals surface area (Å²) in [4.78, 5) is 16.1. The number of nitrogens with one attached hydrogen (secondary N) is 1. The maximum Gasteiger partial charge on any atom is 0.335 e. The first-order chi connectivity index (χ1) is 13.6. The van der Waals surface area contributed by atoms with Crippen molar-refractivity contribution < 1.29 is 14.6 Å². The maximum absolute atomic E-state index is 11.3. The number of carboxylic acid groups (broad SMARTS) is 1. The fraction of sp³-hybridized carbons (Fsp3) is 0.130. The summed E-state index contributed by atoms with van der Waals surface area (Å²) in [6, 6.07) is 18.9. The molecule has 5 nitrogen and oxygen atoms in total. The lowest BCUT2D eigenvalue weighted by atomic mass is 10.0. The highest BCUT2D eigenvalue weighted by molar-refractivity contribution is 6.11. The van der Waals surface area contributed by atoms with Crippen molar-refractivity contribution in [2.24, 2.45) is 0 Å². The summed E-state index contributed by atoms with van der Waals surface area (Å²) < 4.78 is 5.27. The van der Waals surface area contributed by atoms with Crippen molar-refractivity contribution in [3.05, 3.63) is 77.4 Å². The van der Waals surface area contributed by atoms with E-state index in [0.29, 0.717) is 6.54 Å². The minimum Gasteiger partial charge on any atom is -0.497 e. The van der Waals surface area contributed by atoms with Gasteiger partial charge in [-0.2, -0.15) is 0 Å². The van der Waals surface area contributed by atoms with Gasteiger partial charge in [0.1, 0.15) is 11.6 Å². The SMILES string of the molecule is COc1ccc(CNc2nc3ccc(C(=O)O)cc3c3ccccc23)c(C)c1. The number of carboxylic acids is 1. The number of nitrogens with zero attached hydrogens (tertiary/aromatic N) is 1. The van der Waals surface area contributed by atoms with Crippen LogP contribution in [0.3, 0.4) is 0 Å². The molecule has 0 spiro atoms. The lowest BCUT2D eigenvalue weighted by Gasteiger charge is -2.14. The summed E-state index contributed by atoms with van der Waals surface area (Å²) >= 11 is 0. The van der Waals surface area contributed by atoms with Gasteiger partial charge in [-0.1, -0.05) is 30.3 Å². The predicted molar refractivity (Wildman–Crippen MR) is 111 cm³/mol. The molecular weight excluding hydrogens is 352 g/mol. The highest BCUT2D eigenvalue weighted by atomic mass is 16.5. The molecule has 0 fully saturated rings. The second-order valence-corrected chi connectivity index (χ2v) is 6.69. The molecule has 1 heterocycles. The van der Waals surface area contributed by atoms with E-state index >= 15 is 0 Å². The number of hydrogen-bond acceptors (Lipinski definition) is 4. The van der Waals surface area contributed by atoms with E-state index in [1.54, 1.807) is 25.3 Å². The summed E-state index contributed by atoms with van der Waals surface area (Å²) in [6.45, 7) is 2.68. The molecule has 4 rings (SSSR count). The zero-order chi connectivity index (χ0) is 19.7. The van der Waals surface area contributed by atoms with Crippen LogP contribution < -0.4 is 10.1 Å². The summed E-state index contributed by atoms with van der Waals surface area (Å²) in [6.07, 6.45) is 0. The normalized spacial score (nSPS) is 10.9. The third-order valence-electron chi connectivity index (χ3n) is 4.94. The van der Waals surface area contributed by atoms with Crippen LogP contribution in [0.4, 0.5) is 5.82 Å². The number of rotatable bonds is 5. The molecule has 140 valence electrons. The van der Waals surface area contributed by atoms with Crippen LogP contribution in [-0.4, -0.2) is 23.2 Å². The number of pyridine rings is 1. The molecule has 5 heteroatoms. The Labute approximate surface area is 162 Å². The molecule has 0 unspecified atom stereocenters. The number of methoxy groups -OCH3 is 1. The van der Waals surface area contributed by atoms with Gasteiger partial charge >= 0.3 is 5.97 Å². The first kappa shape index (κ1) is 17.8. The van der Waals surface area contributed by atoms with Crippen LogP contribution in [0, 0.1) is 6.92 Å². The number of hydrogen-bond donors (Lipinski definition) is 2. The van der Waals surface area contributed by atoms with E-state index in [0.717, 1.165) is 44.4 Å². The van der Waals surface area contributed by atoms with Crippen molar-refractivity contribution in [1.82, 2.24) is 4.98 Å². The Morgan fingerprint density at radius 2 is 1.82 bits per heavy atom. The van der Waals surface area contributed by atoms with Gasteiger partial charge in [-0.05, 0) is 53.8 Å². The lowest BCUT2D eigenvalue weighted by Crippen LogP contribution is -2.04. The standard InChI is InChI=1S/C23H20N2O3/c1-14-11-17(28-2)9-7-16(14)13-24-22-19-6-4-3-5-18(19)20-12-15(23(26)27)8-10-21(20)25-22/h3-12H,13H2,1-2H3,(H,24,25)(H,26,27). The highest BCUT2D eigenvalue weighted by Gasteiger charge is 2.11. The van der Waals surface area contributed by atoms with Crippen LogP contribution in [0.5, 0.6) is 5.75 Å². The molecule has 0 amide bonds. The highest BCUT2D eigenvalue weighted by Crippen LogP contribution is 2.30. The zero-order valence-corrected chi connectivity index (χ0v) is 15.7. The molecule has 2 N–H and O–H groups in total. The maximum atomic E-state index is 11.3. The fourth-order valence-electron chi connectivity index (χ4n) is 3.39. The number of anilines is 1. The number of aromatic nitrogens is 1. The van der Waals surface area contributed by atoms with Crippen LogP contribution in [0.1, 0.15) is 21.5 Å². The largest absolute Gasteiger partial charge is 0.497 e. The molecule has 0 bridgehead atoms. The third-order valence-corrected chi connectivity index (χ3v) is 4.94. The first-order valence-electron chi connectivity index (χ1n) is 9.00. The van der Waals surface area contributed by atoms with Crippen molar-refractivity contribution in [2.45, 2.75) is 13.5 Å². The van der Waals surface area contributed by atoms with E-state index in [1.807, 2.05) is 42.5 Å². The van der Waals surface area contributed by atoms with E-state index in [4.69, 9.17) is 9.72 Å². The average Bonchev–Trinajstić information content (AvgIpc) is 2.72. The topological polar surface area (TPSA) is 71.5 Å². The fourth-order valence-corrected chi connectivity index (χ4v) is 3.39. The van der Waals surface area contributed by atoms with Crippen LogP contribution in [-0.2, 0) is 6.54 Å². The van der Waals surface area contributed by atoms with E-state index in [9.17, 15) is 9.90 Å². The van der Waals surface area contributed by atoms with Gasteiger partial charge in [0, 0.05) is 17.3 Å². The molecule has 0 atom stereocenters. The third kappa shape index (κ3) is 3.22. The molecule has 3 aromatic carbocycles. The monoisotopic (exact) mass is 372 g/mol. The number of benzene rings is 3. The molecule has 0 radical (unpaired) electrons. The van der Waals surface area contributed by atoms with Gasteiger partial charge in [-0.15, -0.1) is 0 Å². The Morgan fingerprint density at radius 3 is 2.54 bits per heavy atom.